The van der Waals surface area contributed by atoms with E-state index >= 15 is 0 Å². The Morgan fingerprint density at radius 3 is 2.30 bits per heavy atom. The molecule has 0 aliphatic rings. The van der Waals surface area contributed by atoms with Gasteiger partial charge in [0.1, 0.15) is 11.6 Å². The highest BCUT2D eigenvalue weighted by atomic mass is 19.1. The number of halogens is 1. The predicted molar refractivity (Wildman–Crippen MR) is 152 cm³/mol. The van der Waals surface area contributed by atoms with Gasteiger partial charge >= 0.3 is 5.97 Å². The first-order valence-corrected chi connectivity index (χ1v) is 12.9. The van der Waals surface area contributed by atoms with E-state index in [-0.39, 0.29) is 30.7 Å². The first-order chi connectivity index (χ1) is 19.3. The van der Waals surface area contributed by atoms with Gasteiger partial charge < -0.3 is 15.2 Å². The van der Waals surface area contributed by atoms with Gasteiger partial charge in [-0.25, -0.2) is 4.39 Å². The second-order valence-electron chi connectivity index (χ2n) is 9.49. The Kier molecular flexibility index (Phi) is 7.59. The number of carboxylic acids is 1. The van der Waals surface area contributed by atoms with Crippen molar-refractivity contribution in [3.05, 3.63) is 108 Å². The van der Waals surface area contributed by atoms with Gasteiger partial charge in [0.15, 0.2) is 0 Å². The van der Waals surface area contributed by atoms with E-state index in [9.17, 15) is 14.0 Å². The zero-order chi connectivity index (χ0) is 28.2. The van der Waals surface area contributed by atoms with Gasteiger partial charge in [-0.3, -0.25) is 14.3 Å². The number of hydrogen-bond acceptors (Lipinski definition) is 4. The number of aromatic nitrogens is 2. The number of amides is 1. The topological polar surface area (TPSA) is 93.5 Å². The molecule has 0 aliphatic heterocycles. The summed E-state index contributed by atoms with van der Waals surface area (Å²) < 4.78 is 20.9. The van der Waals surface area contributed by atoms with Crippen molar-refractivity contribution in [2.75, 3.05) is 13.7 Å². The lowest BCUT2D eigenvalue weighted by Crippen LogP contribution is -2.26. The van der Waals surface area contributed by atoms with E-state index in [1.165, 1.54) is 12.1 Å². The van der Waals surface area contributed by atoms with Crippen LogP contribution in [0.4, 0.5) is 4.39 Å². The standard InChI is InChI=1S/C32H28FN3O4/c1-20(21-3-5-23(6-4-21)32(39)34-16-15-31(37)38)36-30(19-29(35-36)22-9-12-27(33)13-10-22)26-8-7-25-18-28(40-2)14-11-24(25)17-26/h3-14,17-20H,15-16H2,1-2H3,(H,34,39)(H,37,38). The van der Waals surface area contributed by atoms with E-state index in [1.54, 1.807) is 31.4 Å². The largest absolute Gasteiger partial charge is 0.497 e. The van der Waals surface area contributed by atoms with E-state index in [1.807, 2.05) is 60.1 Å². The normalized spacial score (nSPS) is 11.8. The molecule has 1 unspecified atom stereocenters. The molecule has 0 saturated carbocycles. The number of fused-ring (bicyclic) bond motifs is 1. The molecular weight excluding hydrogens is 509 g/mol. The third kappa shape index (κ3) is 5.71. The predicted octanol–water partition coefficient (Wildman–Crippen LogP) is 6.33. The number of carboxylic acid groups (broad SMARTS) is 1. The summed E-state index contributed by atoms with van der Waals surface area (Å²) in [5.74, 6) is -0.817. The average molecular weight is 538 g/mol. The third-order valence-electron chi connectivity index (χ3n) is 6.87. The number of carbonyl (C=O) groups excluding carboxylic acids is 1. The molecule has 0 aliphatic carbocycles. The number of carbonyl (C=O) groups is 2. The molecule has 0 fully saturated rings. The van der Waals surface area contributed by atoms with Crippen molar-refractivity contribution >= 4 is 22.6 Å². The van der Waals surface area contributed by atoms with Crippen molar-refractivity contribution in [1.82, 2.24) is 15.1 Å². The Labute approximate surface area is 230 Å². The number of benzene rings is 4. The van der Waals surface area contributed by atoms with Crippen molar-refractivity contribution < 1.29 is 23.8 Å². The molecule has 1 heterocycles. The molecule has 4 aromatic carbocycles. The molecule has 0 radical (unpaired) electrons. The van der Waals surface area contributed by atoms with Gasteiger partial charge in [0, 0.05) is 23.2 Å². The Hall–Kier alpha value is -4.98. The van der Waals surface area contributed by atoms with Crippen LogP contribution in [0.25, 0.3) is 33.3 Å². The van der Waals surface area contributed by atoms with Gasteiger partial charge in [-0.15, -0.1) is 0 Å². The van der Waals surface area contributed by atoms with E-state index in [4.69, 9.17) is 14.9 Å². The van der Waals surface area contributed by atoms with Crippen LogP contribution in [0, 0.1) is 5.82 Å². The van der Waals surface area contributed by atoms with Crippen molar-refractivity contribution in [3.8, 4) is 28.3 Å². The summed E-state index contributed by atoms with van der Waals surface area (Å²) in [6.45, 7) is 2.09. The Morgan fingerprint density at radius 1 is 0.925 bits per heavy atom. The highest BCUT2D eigenvalue weighted by Crippen LogP contribution is 2.33. The molecule has 0 bridgehead atoms. The highest BCUT2D eigenvalue weighted by molar-refractivity contribution is 5.94. The Bertz CT molecular complexity index is 1680. The van der Waals surface area contributed by atoms with Crippen molar-refractivity contribution in [2.45, 2.75) is 19.4 Å². The van der Waals surface area contributed by atoms with Crippen LogP contribution in [0.3, 0.4) is 0 Å². The Balaban J connectivity index is 1.50. The van der Waals surface area contributed by atoms with Crippen LogP contribution < -0.4 is 10.1 Å². The van der Waals surface area contributed by atoms with E-state index < -0.39 is 5.97 Å². The second kappa shape index (κ2) is 11.4. The summed E-state index contributed by atoms with van der Waals surface area (Å²) in [5, 5.41) is 18.4. The van der Waals surface area contributed by atoms with Gasteiger partial charge in [-0.2, -0.15) is 5.10 Å². The summed E-state index contributed by atoms with van der Waals surface area (Å²) in [6, 6.07) is 27.4. The third-order valence-corrected chi connectivity index (χ3v) is 6.87. The molecule has 5 rings (SSSR count). The highest BCUT2D eigenvalue weighted by Gasteiger charge is 2.19. The maximum atomic E-state index is 13.6. The first-order valence-electron chi connectivity index (χ1n) is 12.9. The number of nitrogens with zero attached hydrogens (tertiary/aromatic N) is 2. The zero-order valence-electron chi connectivity index (χ0n) is 22.1. The first kappa shape index (κ1) is 26.6. The molecule has 40 heavy (non-hydrogen) atoms. The molecule has 0 saturated heterocycles. The minimum atomic E-state index is -0.967. The van der Waals surface area contributed by atoms with Crippen LogP contribution in [0.1, 0.15) is 35.3 Å². The molecule has 2 N–H and O–H groups in total. The lowest BCUT2D eigenvalue weighted by Gasteiger charge is -2.17. The van der Waals surface area contributed by atoms with Crippen LogP contribution in [0.15, 0.2) is 91.0 Å². The van der Waals surface area contributed by atoms with Crippen LogP contribution in [-0.2, 0) is 4.79 Å². The smallest absolute Gasteiger partial charge is 0.305 e. The summed E-state index contributed by atoms with van der Waals surface area (Å²) in [6.07, 6.45) is -0.137. The quantitative estimate of drug-likeness (QED) is 0.229. The summed E-state index contributed by atoms with van der Waals surface area (Å²) in [7, 11) is 1.64. The zero-order valence-corrected chi connectivity index (χ0v) is 22.1. The second-order valence-corrected chi connectivity index (χ2v) is 9.49. The van der Waals surface area contributed by atoms with Crippen molar-refractivity contribution in [2.24, 2.45) is 0 Å². The SMILES string of the molecule is COc1ccc2cc(-c3cc(-c4ccc(F)cc4)nn3C(C)c3ccc(C(=O)NCCC(=O)O)cc3)ccc2c1. The molecule has 202 valence electrons. The number of hydrogen-bond donors (Lipinski definition) is 2. The molecule has 7 nitrogen and oxygen atoms in total. The number of ether oxygens (including phenoxy) is 1. The van der Waals surface area contributed by atoms with Crippen molar-refractivity contribution in [3.63, 3.8) is 0 Å². The lowest BCUT2D eigenvalue weighted by molar-refractivity contribution is -0.136. The fourth-order valence-corrected chi connectivity index (χ4v) is 4.62. The molecule has 1 amide bonds. The maximum Gasteiger partial charge on any atom is 0.305 e. The lowest BCUT2D eigenvalue weighted by atomic mass is 10.0. The van der Waals surface area contributed by atoms with Crippen LogP contribution >= 0.6 is 0 Å². The molecule has 0 spiro atoms. The van der Waals surface area contributed by atoms with Crippen LogP contribution in [-0.4, -0.2) is 40.4 Å². The summed E-state index contributed by atoms with van der Waals surface area (Å²) in [5.41, 5.74) is 4.75. The number of aliphatic carboxylic acids is 1. The van der Waals surface area contributed by atoms with Gasteiger partial charge in [0.25, 0.3) is 5.91 Å². The summed E-state index contributed by atoms with van der Waals surface area (Å²) >= 11 is 0. The monoisotopic (exact) mass is 537 g/mol. The van der Waals surface area contributed by atoms with Crippen LogP contribution in [0.2, 0.25) is 0 Å². The van der Waals surface area contributed by atoms with Gasteiger partial charge in [0.05, 0.1) is 31.0 Å². The minimum absolute atomic E-state index is 0.0632. The van der Waals surface area contributed by atoms with E-state index in [0.717, 1.165) is 38.9 Å². The van der Waals surface area contributed by atoms with Gasteiger partial charge in [0.2, 0.25) is 0 Å². The molecular formula is C32H28FN3O4. The Morgan fingerprint density at radius 2 is 1.60 bits per heavy atom. The fraction of sp³-hybridized carbons (Fsp3) is 0.156. The maximum absolute atomic E-state index is 13.6. The van der Waals surface area contributed by atoms with Crippen molar-refractivity contribution in [1.29, 1.82) is 0 Å². The van der Waals surface area contributed by atoms with E-state index in [2.05, 4.69) is 11.4 Å². The van der Waals surface area contributed by atoms with Gasteiger partial charge in [-0.05, 0) is 83.9 Å². The van der Waals surface area contributed by atoms with E-state index in [0.29, 0.717) is 11.3 Å². The van der Waals surface area contributed by atoms with Crippen LogP contribution in [0.5, 0.6) is 5.75 Å². The minimum Gasteiger partial charge on any atom is -0.497 e. The number of methoxy groups -OCH3 is 1. The molecule has 1 atom stereocenters. The number of rotatable bonds is 9. The molecule has 1 aromatic heterocycles. The average Bonchev–Trinajstić information content (AvgIpc) is 3.42. The summed E-state index contributed by atoms with van der Waals surface area (Å²) in [4.78, 5) is 23.1. The molecule has 8 heteroatoms. The molecule has 5 aromatic rings. The van der Waals surface area contributed by atoms with Gasteiger partial charge in [-0.1, -0.05) is 30.3 Å². The number of nitrogens with one attached hydrogen (secondary N) is 1. The fourth-order valence-electron chi connectivity index (χ4n) is 4.62.